The topological polar surface area (TPSA) is 34.1 Å². The molecule has 2 rings (SSSR count). The number of hydrogen-bond donors (Lipinski definition) is 0. The Morgan fingerprint density at radius 1 is 1.35 bits per heavy atom. The lowest BCUT2D eigenvalue weighted by Crippen LogP contribution is -2.19. The average Bonchev–Trinajstić information content (AvgIpc) is 2.48. The molecule has 0 heterocycles. The van der Waals surface area contributed by atoms with Gasteiger partial charge in [-0.3, -0.25) is 0 Å². The van der Waals surface area contributed by atoms with E-state index in [2.05, 4.69) is 12.1 Å². The zero-order chi connectivity index (χ0) is 12.3. The van der Waals surface area contributed by atoms with Crippen LogP contribution in [0.3, 0.4) is 0 Å². The predicted octanol–water partition coefficient (Wildman–Crippen LogP) is 2.59. The van der Waals surface area contributed by atoms with Crippen LogP contribution in [-0.4, -0.2) is 12.1 Å². The number of benzene rings is 1. The van der Waals surface area contributed by atoms with E-state index in [9.17, 15) is 9.59 Å². The predicted molar refractivity (Wildman–Crippen MR) is 66.8 cm³/mol. The smallest absolute Gasteiger partial charge is 0.130 e. The summed E-state index contributed by atoms with van der Waals surface area (Å²) >= 11 is 0. The molecular weight excluding hydrogens is 212 g/mol. The Morgan fingerprint density at radius 3 is 2.71 bits per heavy atom. The maximum atomic E-state index is 11.2. The third kappa shape index (κ3) is 2.82. The average molecular weight is 230 g/mol. The van der Waals surface area contributed by atoms with Gasteiger partial charge in [-0.05, 0) is 43.2 Å². The van der Waals surface area contributed by atoms with Gasteiger partial charge in [0.25, 0.3) is 0 Å². The summed E-state index contributed by atoms with van der Waals surface area (Å²) in [5, 5.41) is 0. The molecule has 2 nitrogen and oxygen atoms in total. The highest BCUT2D eigenvalue weighted by molar-refractivity contribution is 5.76. The molecule has 90 valence electrons. The highest BCUT2D eigenvalue weighted by Gasteiger charge is 2.26. The van der Waals surface area contributed by atoms with Crippen LogP contribution in [0.4, 0.5) is 0 Å². The van der Waals surface area contributed by atoms with Crippen molar-refractivity contribution in [3.05, 3.63) is 35.4 Å². The van der Waals surface area contributed by atoms with Crippen LogP contribution >= 0.6 is 0 Å². The van der Waals surface area contributed by atoms with Crippen LogP contribution < -0.4 is 0 Å². The van der Waals surface area contributed by atoms with Crippen molar-refractivity contribution in [3.63, 3.8) is 0 Å². The van der Waals surface area contributed by atoms with Crippen LogP contribution in [0, 0.1) is 11.8 Å². The lowest BCUT2D eigenvalue weighted by molar-refractivity contribution is -0.119. The molecule has 0 amide bonds. The third-order valence-electron chi connectivity index (χ3n) is 3.69. The molecule has 2 atom stereocenters. The van der Waals surface area contributed by atoms with Gasteiger partial charge in [0, 0.05) is 12.3 Å². The summed E-state index contributed by atoms with van der Waals surface area (Å²) in [6.45, 7) is 1.61. The molecule has 0 spiro atoms. The van der Waals surface area contributed by atoms with Crippen LogP contribution in [-0.2, 0) is 22.4 Å². The number of hydrogen-bond acceptors (Lipinski definition) is 2. The molecule has 0 bridgehead atoms. The number of ketones is 1. The van der Waals surface area contributed by atoms with E-state index in [4.69, 9.17) is 0 Å². The molecule has 2 unspecified atom stereocenters. The summed E-state index contributed by atoms with van der Waals surface area (Å²) in [4.78, 5) is 22.4. The first-order valence-corrected chi connectivity index (χ1v) is 6.22. The summed E-state index contributed by atoms with van der Waals surface area (Å²) in [6, 6.07) is 8.29. The number of carbonyl (C=O) groups excluding carboxylic acids is 2. The second-order valence-corrected chi connectivity index (χ2v) is 4.98. The molecule has 0 saturated heterocycles. The van der Waals surface area contributed by atoms with Crippen molar-refractivity contribution in [3.8, 4) is 0 Å². The number of fused-ring (bicyclic) bond motifs is 1. The van der Waals surface area contributed by atoms with Gasteiger partial charge in [-0.15, -0.1) is 0 Å². The molecule has 0 saturated carbocycles. The molecule has 0 N–H and O–H groups in total. The van der Waals surface area contributed by atoms with Gasteiger partial charge in [0.15, 0.2) is 0 Å². The molecular formula is C15H18O2. The lowest BCUT2D eigenvalue weighted by atomic mass is 9.84. The summed E-state index contributed by atoms with van der Waals surface area (Å²) < 4.78 is 0. The second kappa shape index (κ2) is 5.26. The van der Waals surface area contributed by atoms with Crippen molar-refractivity contribution in [2.45, 2.75) is 32.6 Å². The number of carbonyl (C=O) groups is 2. The van der Waals surface area contributed by atoms with Gasteiger partial charge in [0.05, 0.1) is 0 Å². The first-order valence-electron chi connectivity index (χ1n) is 6.22. The van der Waals surface area contributed by atoms with Crippen LogP contribution in [0.5, 0.6) is 0 Å². The van der Waals surface area contributed by atoms with E-state index in [0.717, 1.165) is 25.5 Å². The fraction of sp³-hybridized carbons (Fsp3) is 0.467. The molecule has 0 aromatic heterocycles. The SMILES string of the molecule is CC(=O)CC1CCc2ccccc2CC1C=O. The number of aryl methyl sites for hydroxylation is 1. The minimum Gasteiger partial charge on any atom is -0.303 e. The van der Waals surface area contributed by atoms with E-state index in [0.29, 0.717) is 6.42 Å². The molecule has 0 aliphatic heterocycles. The van der Waals surface area contributed by atoms with Crippen molar-refractivity contribution in [2.24, 2.45) is 11.8 Å². The highest BCUT2D eigenvalue weighted by atomic mass is 16.1. The fourth-order valence-corrected chi connectivity index (χ4v) is 2.76. The highest BCUT2D eigenvalue weighted by Crippen LogP contribution is 2.30. The number of rotatable bonds is 3. The molecule has 1 aromatic carbocycles. The summed E-state index contributed by atoms with van der Waals surface area (Å²) in [5.41, 5.74) is 2.61. The number of aldehydes is 1. The lowest BCUT2D eigenvalue weighted by Gasteiger charge is -2.18. The van der Waals surface area contributed by atoms with Gasteiger partial charge < -0.3 is 9.59 Å². The van der Waals surface area contributed by atoms with E-state index in [1.54, 1.807) is 6.92 Å². The molecule has 1 aromatic rings. The minimum atomic E-state index is 0.00236. The van der Waals surface area contributed by atoms with Gasteiger partial charge in [0.2, 0.25) is 0 Å². The molecule has 0 fully saturated rings. The largest absolute Gasteiger partial charge is 0.303 e. The van der Waals surface area contributed by atoms with E-state index in [-0.39, 0.29) is 17.6 Å². The van der Waals surface area contributed by atoms with Crippen LogP contribution in [0.15, 0.2) is 24.3 Å². The van der Waals surface area contributed by atoms with Crippen LogP contribution in [0.2, 0.25) is 0 Å². The second-order valence-electron chi connectivity index (χ2n) is 4.98. The molecule has 17 heavy (non-hydrogen) atoms. The van der Waals surface area contributed by atoms with Crippen molar-refractivity contribution in [2.75, 3.05) is 0 Å². The Labute approximate surface area is 102 Å². The molecule has 0 radical (unpaired) electrons. The maximum Gasteiger partial charge on any atom is 0.130 e. The van der Waals surface area contributed by atoms with Gasteiger partial charge in [-0.2, -0.15) is 0 Å². The normalized spacial score (nSPS) is 23.6. The Balaban J connectivity index is 2.21. The zero-order valence-electron chi connectivity index (χ0n) is 10.2. The van der Waals surface area contributed by atoms with Gasteiger partial charge in [-0.25, -0.2) is 0 Å². The van der Waals surface area contributed by atoms with Crippen molar-refractivity contribution in [1.29, 1.82) is 0 Å². The molecule has 2 heteroatoms. The van der Waals surface area contributed by atoms with E-state index >= 15 is 0 Å². The standard InChI is InChI=1S/C15H18O2/c1-11(17)8-14-7-6-12-4-2-3-5-13(12)9-15(14)10-16/h2-5,10,14-15H,6-9H2,1H3. The van der Waals surface area contributed by atoms with E-state index < -0.39 is 0 Å². The monoisotopic (exact) mass is 230 g/mol. The third-order valence-corrected chi connectivity index (χ3v) is 3.69. The first kappa shape index (κ1) is 12.0. The van der Waals surface area contributed by atoms with Crippen molar-refractivity contribution < 1.29 is 9.59 Å². The quantitative estimate of drug-likeness (QED) is 0.591. The van der Waals surface area contributed by atoms with Gasteiger partial charge in [0.1, 0.15) is 12.1 Å². The van der Waals surface area contributed by atoms with E-state index in [1.807, 2.05) is 12.1 Å². The van der Waals surface area contributed by atoms with E-state index in [1.165, 1.54) is 11.1 Å². The van der Waals surface area contributed by atoms with Crippen molar-refractivity contribution >= 4 is 12.1 Å². The Bertz CT molecular complexity index is 423. The summed E-state index contributed by atoms with van der Waals surface area (Å²) in [6.07, 6.45) is 4.29. The summed E-state index contributed by atoms with van der Waals surface area (Å²) in [7, 11) is 0. The molecule has 1 aliphatic carbocycles. The Morgan fingerprint density at radius 2 is 2.06 bits per heavy atom. The minimum absolute atomic E-state index is 0.00236. The van der Waals surface area contributed by atoms with Crippen LogP contribution in [0.25, 0.3) is 0 Å². The van der Waals surface area contributed by atoms with Crippen molar-refractivity contribution in [1.82, 2.24) is 0 Å². The van der Waals surface area contributed by atoms with Gasteiger partial charge in [-0.1, -0.05) is 24.3 Å². The van der Waals surface area contributed by atoms with Gasteiger partial charge >= 0.3 is 0 Å². The number of Topliss-reactive ketones (excluding diaryl/α,β-unsaturated/α-hetero) is 1. The first-order chi connectivity index (χ1) is 8.20. The molecule has 1 aliphatic rings. The fourth-order valence-electron chi connectivity index (χ4n) is 2.76. The zero-order valence-corrected chi connectivity index (χ0v) is 10.2. The Hall–Kier alpha value is -1.44. The van der Waals surface area contributed by atoms with Crippen LogP contribution in [0.1, 0.15) is 30.9 Å². The summed E-state index contributed by atoms with van der Waals surface area (Å²) in [5.74, 6) is 0.410. The Kier molecular flexibility index (Phi) is 3.72. The maximum absolute atomic E-state index is 11.2.